The van der Waals surface area contributed by atoms with Gasteiger partial charge in [0.25, 0.3) is 5.91 Å². The van der Waals surface area contributed by atoms with Gasteiger partial charge in [-0.25, -0.2) is 9.98 Å². The predicted octanol–water partition coefficient (Wildman–Crippen LogP) is 2.67. The molecular formula is C31H35N7O. The van der Waals surface area contributed by atoms with Gasteiger partial charge in [-0.3, -0.25) is 4.79 Å². The number of hydrogen-bond acceptors (Lipinski definition) is 5. The van der Waals surface area contributed by atoms with Gasteiger partial charge < -0.3 is 20.1 Å². The number of carbonyl (C=O) groups excluding carboxylic acids is 1. The zero-order valence-electron chi connectivity index (χ0n) is 22.7. The molecule has 2 aliphatic rings. The van der Waals surface area contributed by atoms with Crippen molar-refractivity contribution in [2.45, 2.75) is 32.6 Å². The third-order valence-electron chi connectivity index (χ3n) is 7.75. The number of piperidine rings is 1. The number of rotatable bonds is 5. The second kappa shape index (κ2) is 11.7. The maximum atomic E-state index is 13.6. The number of benzene rings is 2. The average molecular weight is 522 g/mol. The van der Waals surface area contributed by atoms with E-state index < -0.39 is 0 Å². The van der Waals surface area contributed by atoms with Crippen LogP contribution in [0.5, 0.6) is 0 Å². The highest BCUT2D eigenvalue weighted by atomic mass is 16.2. The fourth-order valence-corrected chi connectivity index (χ4v) is 5.41. The number of imidazole rings is 1. The van der Waals surface area contributed by atoms with Crippen molar-refractivity contribution in [3.8, 4) is 17.5 Å². The van der Waals surface area contributed by atoms with E-state index in [2.05, 4.69) is 43.9 Å². The summed E-state index contributed by atoms with van der Waals surface area (Å²) in [6.45, 7) is 13.3. The van der Waals surface area contributed by atoms with E-state index in [1.165, 1.54) is 5.56 Å². The minimum Gasteiger partial charge on any atom is -0.360 e. The Morgan fingerprint density at radius 1 is 1.10 bits per heavy atom. The molecule has 0 atom stereocenters. The molecule has 2 saturated heterocycles. The first-order valence-corrected chi connectivity index (χ1v) is 13.6. The minimum atomic E-state index is 0.0563. The lowest BCUT2D eigenvalue weighted by Gasteiger charge is -2.32. The zero-order chi connectivity index (χ0) is 27.4. The lowest BCUT2D eigenvalue weighted by molar-refractivity contribution is 0.0712. The largest absolute Gasteiger partial charge is 0.360 e. The van der Waals surface area contributed by atoms with Crippen LogP contribution < -0.4 is 16.0 Å². The third-order valence-corrected chi connectivity index (χ3v) is 7.75. The summed E-state index contributed by atoms with van der Waals surface area (Å²) in [6.07, 6.45) is 5.44. The maximum Gasteiger partial charge on any atom is 0.254 e. The van der Waals surface area contributed by atoms with Crippen molar-refractivity contribution in [3.05, 3.63) is 74.9 Å². The summed E-state index contributed by atoms with van der Waals surface area (Å²) < 4.78 is 0. The molecular weight excluding hydrogens is 486 g/mol. The van der Waals surface area contributed by atoms with E-state index in [9.17, 15) is 4.79 Å². The van der Waals surface area contributed by atoms with Crippen molar-refractivity contribution < 1.29 is 4.79 Å². The van der Waals surface area contributed by atoms with Crippen LogP contribution in [0, 0.1) is 25.2 Å². The molecule has 0 radical (unpaired) electrons. The van der Waals surface area contributed by atoms with Crippen molar-refractivity contribution in [3.63, 3.8) is 0 Å². The zero-order valence-corrected chi connectivity index (χ0v) is 22.7. The van der Waals surface area contributed by atoms with Gasteiger partial charge >= 0.3 is 0 Å². The number of aromatic amines is 1. The highest BCUT2D eigenvalue weighted by Crippen LogP contribution is 2.30. The second-order valence-corrected chi connectivity index (χ2v) is 10.4. The topological polar surface area (TPSA) is 100 Å². The van der Waals surface area contributed by atoms with Gasteiger partial charge in [-0.15, -0.1) is 0 Å². The van der Waals surface area contributed by atoms with E-state index in [-0.39, 0.29) is 5.91 Å². The van der Waals surface area contributed by atoms with Crippen molar-refractivity contribution in [1.29, 1.82) is 5.26 Å². The van der Waals surface area contributed by atoms with E-state index >= 15 is 0 Å². The number of carbonyl (C=O) groups is 1. The minimum absolute atomic E-state index is 0.0563. The summed E-state index contributed by atoms with van der Waals surface area (Å²) in [5, 5.41) is 13.8. The van der Waals surface area contributed by atoms with Gasteiger partial charge in [0.05, 0.1) is 34.9 Å². The molecule has 200 valence electrons. The van der Waals surface area contributed by atoms with Crippen LogP contribution in [0.3, 0.4) is 0 Å². The Morgan fingerprint density at radius 3 is 2.51 bits per heavy atom. The molecule has 0 spiro atoms. The van der Waals surface area contributed by atoms with Gasteiger partial charge in [0.1, 0.15) is 5.82 Å². The number of likely N-dealkylation sites (tertiary alicyclic amines) is 1. The Hall–Kier alpha value is -4.22. The van der Waals surface area contributed by atoms with Gasteiger partial charge in [0, 0.05) is 50.4 Å². The Labute approximate surface area is 229 Å². The SMILES string of the molecule is C=c1nc(-c2cc(C(=O)N3CCC(c4ccc(C#N)cc4)CC3)c(C)cc2C)[nH]/c1=C/N=C/N1CCNCC1. The van der Waals surface area contributed by atoms with Gasteiger partial charge in [-0.2, -0.15) is 5.26 Å². The Balaban J connectivity index is 1.32. The second-order valence-electron chi connectivity index (χ2n) is 10.4. The molecule has 3 heterocycles. The Morgan fingerprint density at radius 2 is 1.82 bits per heavy atom. The third kappa shape index (κ3) is 5.94. The number of nitrogens with one attached hydrogen (secondary N) is 2. The van der Waals surface area contributed by atoms with E-state index in [0.29, 0.717) is 41.3 Å². The molecule has 2 aliphatic heterocycles. The summed E-state index contributed by atoms with van der Waals surface area (Å²) in [5.41, 5.74) is 5.52. The molecule has 3 aromatic rings. The molecule has 8 heteroatoms. The smallest absolute Gasteiger partial charge is 0.254 e. The fourth-order valence-electron chi connectivity index (χ4n) is 5.41. The lowest BCUT2D eigenvalue weighted by atomic mass is 9.88. The van der Waals surface area contributed by atoms with E-state index in [1.807, 2.05) is 55.4 Å². The molecule has 1 aromatic heterocycles. The van der Waals surface area contributed by atoms with Crippen molar-refractivity contribution in [2.24, 2.45) is 4.99 Å². The van der Waals surface area contributed by atoms with E-state index in [1.54, 1.807) is 6.20 Å². The van der Waals surface area contributed by atoms with Crippen LogP contribution in [0.4, 0.5) is 0 Å². The van der Waals surface area contributed by atoms with Gasteiger partial charge in [0.15, 0.2) is 0 Å². The number of piperazine rings is 1. The van der Waals surface area contributed by atoms with E-state index in [0.717, 1.165) is 61.1 Å². The molecule has 2 fully saturated rings. The van der Waals surface area contributed by atoms with Crippen LogP contribution in [0.15, 0.2) is 41.4 Å². The Bertz CT molecular complexity index is 1520. The lowest BCUT2D eigenvalue weighted by Crippen LogP contribution is -2.42. The van der Waals surface area contributed by atoms with Crippen LogP contribution in [0.1, 0.15) is 51.4 Å². The summed E-state index contributed by atoms with van der Waals surface area (Å²) in [7, 11) is 0. The fraction of sp³-hybridized carbons (Fsp3) is 0.355. The van der Waals surface area contributed by atoms with Crippen LogP contribution in [-0.2, 0) is 0 Å². The number of aromatic nitrogens is 2. The molecule has 2 aromatic carbocycles. The summed E-state index contributed by atoms with van der Waals surface area (Å²) >= 11 is 0. The van der Waals surface area contributed by atoms with Gasteiger partial charge in [0.2, 0.25) is 0 Å². The molecule has 2 N–H and O–H groups in total. The first-order chi connectivity index (χ1) is 18.9. The molecule has 0 saturated carbocycles. The first-order valence-electron chi connectivity index (χ1n) is 13.6. The Kier molecular flexibility index (Phi) is 7.89. The van der Waals surface area contributed by atoms with Crippen LogP contribution in [0.25, 0.3) is 24.2 Å². The van der Waals surface area contributed by atoms with Crippen LogP contribution >= 0.6 is 0 Å². The van der Waals surface area contributed by atoms with Gasteiger partial charge in [-0.05, 0) is 67.5 Å². The molecule has 0 bridgehead atoms. The highest BCUT2D eigenvalue weighted by molar-refractivity contribution is 5.97. The number of hydrogen-bond donors (Lipinski definition) is 2. The quantitative estimate of drug-likeness (QED) is 0.397. The summed E-state index contributed by atoms with van der Waals surface area (Å²) in [4.78, 5) is 30.3. The van der Waals surface area contributed by atoms with Gasteiger partial charge in [-0.1, -0.05) is 24.8 Å². The summed E-state index contributed by atoms with van der Waals surface area (Å²) in [5.74, 6) is 1.15. The van der Waals surface area contributed by atoms with E-state index in [4.69, 9.17) is 5.26 Å². The number of nitrogens with zero attached hydrogens (tertiary/aromatic N) is 5. The van der Waals surface area contributed by atoms with Crippen LogP contribution in [-0.4, -0.2) is 71.3 Å². The first kappa shape index (κ1) is 26.4. The molecule has 8 nitrogen and oxygen atoms in total. The molecule has 0 unspecified atom stereocenters. The number of H-pyrrole nitrogens is 1. The number of amides is 1. The molecule has 39 heavy (non-hydrogen) atoms. The number of aryl methyl sites for hydroxylation is 2. The number of nitriles is 1. The summed E-state index contributed by atoms with van der Waals surface area (Å²) in [6, 6.07) is 14.0. The van der Waals surface area contributed by atoms with Crippen LogP contribution in [0.2, 0.25) is 0 Å². The standard InChI is InChI=1S/C31H35N7O/c1-21-16-22(2)28(31(39)38-12-8-26(9-13-38)25-6-4-24(18-32)5-7-25)17-27(21)30-35-23(3)29(36-30)19-34-20-37-14-10-33-11-15-37/h4-7,16-17,19-20,26,33H,3,8-15H2,1-2H3,(H,35,36)/b29-19+,34-20+. The maximum absolute atomic E-state index is 13.6. The average Bonchev–Trinajstić information content (AvgIpc) is 3.33. The monoisotopic (exact) mass is 521 g/mol. The number of aliphatic imine (C=N–C) groups is 1. The normalized spacial score (nSPS) is 17.1. The molecule has 5 rings (SSSR count). The van der Waals surface area contributed by atoms with Crippen molar-refractivity contribution >= 4 is 25.0 Å². The van der Waals surface area contributed by atoms with Crippen molar-refractivity contribution in [2.75, 3.05) is 39.3 Å². The molecule has 1 amide bonds. The van der Waals surface area contributed by atoms with Crippen molar-refractivity contribution in [1.82, 2.24) is 25.1 Å². The highest BCUT2D eigenvalue weighted by Gasteiger charge is 2.26. The predicted molar refractivity (Wildman–Crippen MR) is 155 cm³/mol. The molecule has 0 aliphatic carbocycles.